The van der Waals surface area contributed by atoms with Gasteiger partial charge in [-0.25, -0.2) is 4.79 Å². The van der Waals surface area contributed by atoms with Gasteiger partial charge in [-0.1, -0.05) is 24.3 Å². The molecule has 7 nitrogen and oxygen atoms in total. The monoisotopic (exact) mass is 385 g/mol. The molecule has 2 aromatic carbocycles. The zero-order chi connectivity index (χ0) is 20.6. The summed E-state index contributed by atoms with van der Waals surface area (Å²) in [5, 5.41) is 17.5. The summed E-state index contributed by atoms with van der Waals surface area (Å²) >= 11 is 0. The lowest BCUT2D eigenvalue weighted by Crippen LogP contribution is -2.46. The largest absolute Gasteiger partial charge is 0.497 e. The van der Waals surface area contributed by atoms with E-state index in [1.54, 1.807) is 45.2 Å². The molecule has 28 heavy (non-hydrogen) atoms. The van der Waals surface area contributed by atoms with Crippen molar-refractivity contribution in [3.8, 4) is 5.75 Å². The van der Waals surface area contributed by atoms with E-state index in [-0.39, 0.29) is 25.0 Å². The van der Waals surface area contributed by atoms with E-state index >= 15 is 0 Å². The second-order valence-electron chi connectivity index (χ2n) is 7.12. The Morgan fingerprint density at radius 2 is 1.61 bits per heavy atom. The minimum Gasteiger partial charge on any atom is -0.497 e. The first-order valence-electron chi connectivity index (χ1n) is 9.00. The summed E-state index contributed by atoms with van der Waals surface area (Å²) < 4.78 is 5.10. The molecule has 0 bridgehead atoms. The van der Waals surface area contributed by atoms with Crippen LogP contribution in [0.3, 0.4) is 0 Å². The van der Waals surface area contributed by atoms with E-state index < -0.39 is 5.54 Å². The Kier molecular flexibility index (Phi) is 7.40. The predicted molar refractivity (Wildman–Crippen MR) is 108 cm³/mol. The van der Waals surface area contributed by atoms with Gasteiger partial charge >= 0.3 is 6.03 Å². The second kappa shape index (κ2) is 9.75. The number of anilines is 1. The van der Waals surface area contributed by atoms with Gasteiger partial charge in [0.2, 0.25) is 5.91 Å². The van der Waals surface area contributed by atoms with Crippen molar-refractivity contribution in [3.63, 3.8) is 0 Å². The summed E-state index contributed by atoms with van der Waals surface area (Å²) in [6, 6.07) is 14.2. The van der Waals surface area contributed by atoms with Crippen LogP contribution in [0.5, 0.6) is 5.75 Å². The third-order valence-corrected chi connectivity index (χ3v) is 4.06. The van der Waals surface area contributed by atoms with Gasteiger partial charge in [0.15, 0.2) is 0 Å². The zero-order valence-corrected chi connectivity index (χ0v) is 16.4. The molecule has 0 heterocycles. The highest BCUT2D eigenvalue weighted by Gasteiger charge is 2.18. The third kappa shape index (κ3) is 6.92. The topological polar surface area (TPSA) is 99.7 Å². The number of aliphatic hydroxyl groups is 1. The molecule has 2 aromatic rings. The summed E-state index contributed by atoms with van der Waals surface area (Å²) in [6.07, 6.45) is 0.202. The lowest BCUT2D eigenvalue weighted by molar-refractivity contribution is -0.122. The summed E-state index contributed by atoms with van der Waals surface area (Å²) in [7, 11) is 1.61. The van der Waals surface area contributed by atoms with E-state index in [0.717, 1.165) is 16.9 Å². The van der Waals surface area contributed by atoms with Crippen molar-refractivity contribution in [2.24, 2.45) is 0 Å². The fourth-order valence-electron chi connectivity index (χ4n) is 2.45. The molecular weight excluding hydrogens is 358 g/mol. The van der Waals surface area contributed by atoms with Crippen LogP contribution < -0.4 is 20.7 Å². The molecular formula is C21H27N3O4. The summed E-state index contributed by atoms with van der Waals surface area (Å²) in [5.74, 6) is 0.596. The van der Waals surface area contributed by atoms with Crippen molar-refractivity contribution in [1.29, 1.82) is 0 Å². The van der Waals surface area contributed by atoms with E-state index in [9.17, 15) is 14.7 Å². The standard InChI is InChI=1S/C21H27N3O4/c1-21(2,14-25)24-19(26)12-15-4-8-17(9-5-15)23-20(27)22-13-16-6-10-18(28-3)11-7-16/h4-11,25H,12-14H2,1-3H3,(H,24,26)(H2,22,23,27). The Bertz CT molecular complexity index is 786. The van der Waals surface area contributed by atoms with Crippen molar-refractivity contribution >= 4 is 17.6 Å². The van der Waals surface area contributed by atoms with Gasteiger partial charge in [0.25, 0.3) is 0 Å². The Hall–Kier alpha value is -3.06. The number of hydrogen-bond donors (Lipinski definition) is 4. The Balaban J connectivity index is 1.80. The number of urea groups is 1. The predicted octanol–water partition coefficient (Wildman–Crippen LogP) is 2.45. The van der Waals surface area contributed by atoms with E-state index in [0.29, 0.717) is 12.2 Å². The van der Waals surface area contributed by atoms with Crippen molar-refractivity contribution < 1.29 is 19.4 Å². The lowest BCUT2D eigenvalue weighted by atomic mass is 10.1. The molecule has 0 aliphatic heterocycles. The number of amides is 3. The summed E-state index contributed by atoms with van der Waals surface area (Å²) in [4.78, 5) is 24.0. The number of methoxy groups -OCH3 is 1. The Labute approximate surface area is 165 Å². The summed E-state index contributed by atoms with van der Waals surface area (Å²) in [6.45, 7) is 3.77. The number of nitrogens with one attached hydrogen (secondary N) is 3. The molecule has 0 aliphatic carbocycles. The van der Waals surface area contributed by atoms with Crippen LogP contribution in [0.1, 0.15) is 25.0 Å². The highest BCUT2D eigenvalue weighted by molar-refractivity contribution is 5.89. The van der Waals surface area contributed by atoms with Crippen molar-refractivity contribution in [1.82, 2.24) is 10.6 Å². The first-order chi connectivity index (χ1) is 13.3. The first-order valence-corrected chi connectivity index (χ1v) is 9.00. The fourth-order valence-corrected chi connectivity index (χ4v) is 2.45. The average molecular weight is 385 g/mol. The quantitative estimate of drug-likeness (QED) is 0.561. The minimum absolute atomic E-state index is 0.132. The van der Waals surface area contributed by atoms with Gasteiger partial charge in [0, 0.05) is 12.2 Å². The normalized spacial score (nSPS) is 10.9. The molecule has 7 heteroatoms. The maximum Gasteiger partial charge on any atom is 0.319 e. The molecule has 0 radical (unpaired) electrons. The maximum absolute atomic E-state index is 12.0. The average Bonchev–Trinajstić information content (AvgIpc) is 2.68. The number of ether oxygens (including phenoxy) is 1. The zero-order valence-electron chi connectivity index (χ0n) is 16.4. The number of rotatable bonds is 8. The van der Waals surface area contributed by atoms with Gasteiger partial charge < -0.3 is 25.8 Å². The SMILES string of the molecule is COc1ccc(CNC(=O)Nc2ccc(CC(=O)NC(C)(C)CO)cc2)cc1. The molecule has 0 spiro atoms. The van der Waals surface area contributed by atoms with Crippen molar-refractivity contribution in [3.05, 3.63) is 59.7 Å². The molecule has 0 saturated heterocycles. The van der Waals surface area contributed by atoms with Crippen LogP contribution in [0.25, 0.3) is 0 Å². The van der Waals surface area contributed by atoms with E-state index in [2.05, 4.69) is 16.0 Å². The molecule has 0 unspecified atom stereocenters. The van der Waals surface area contributed by atoms with E-state index in [4.69, 9.17) is 4.74 Å². The van der Waals surface area contributed by atoms with Gasteiger partial charge in [0.05, 0.1) is 25.7 Å². The number of aliphatic hydroxyl groups excluding tert-OH is 1. The van der Waals surface area contributed by atoms with E-state index in [1.165, 1.54) is 0 Å². The Morgan fingerprint density at radius 1 is 1.00 bits per heavy atom. The molecule has 150 valence electrons. The van der Waals surface area contributed by atoms with Gasteiger partial charge in [-0.05, 0) is 49.2 Å². The molecule has 0 fully saturated rings. The van der Waals surface area contributed by atoms with Gasteiger partial charge in [0.1, 0.15) is 5.75 Å². The molecule has 0 aliphatic rings. The van der Waals surface area contributed by atoms with E-state index in [1.807, 2.05) is 24.3 Å². The highest BCUT2D eigenvalue weighted by atomic mass is 16.5. The Morgan fingerprint density at radius 3 is 2.18 bits per heavy atom. The fraction of sp³-hybridized carbons (Fsp3) is 0.333. The van der Waals surface area contributed by atoms with Crippen LogP contribution in [0.4, 0.5) is 10.5 Å². The summed E-state index contributed by atoms with van der Waals surface area (Å²) in [5.41, 5.74) is 1.76. The van der Waals surface area contributed by atoms with Gasteiger partial charge in [-0.2, -0.15) is 0 Å². The van der Waals surface area contributed by atoms with Crippen LogP contribution in [0, 0.1) is 0 Å². The maximum atomic E-state index is 12.0. The number of carbonyl (C=O) groups is 2. The molecule has 2 rings (SSSR count). The van der Waals surface area contributed by atoms with Crippen molar-refractivity contribution in [2.45, 2.75) is 32.4 Å². The number of hydrogen-bond acceptors (Lipinski definition) is 4. The lowest BCUT2D eigenvalue weighted by Gasteiger charge is -2.23. The number of benzene rings is 2. The molecule has 0 saturated carbocycles. The molecule has 0 aromatic heterocycles. The van der Waals surface area contributed by atoms with Crippen LogP contribution in [-0.4, -0.2) is 36.3 Å². The minimum atomic E-state index is -0.652. The molecule has 4 N–H and O–H groups in total. The van der Waals surface area contributed by atoms with Gasteiger partial charge in [-0.3, -0.25) is 4.79 Å². The van der Waals surface area contributed by atoms with Crippen molar-refractivity contribution in [2.75, 3.05) is 19.0 Å². The number of carbonyl (C=O) groups excluding carboxylic acids is 2. The second-order valence-corrected chi connectivity index (χ2v) is 7.12. The molecule has 0 atom stereocenters. The highest BCUT2D eigenvalue weighted by Crippen LogP contribution is 2.12. The van der Waals surface area contributed by atoms with Crippen LogP contribution in [0.2, 0.25) is 0 Å². The van der Waals surface area contributed by atoms with Crippen LogP contribution >= 0.6 is 0 Å². The molecule has 3 amide bonds. The van der Waals surface area contributed by atoms with Crippen LogP contribution in [0.15, 0.2) is 48.5 Å². The van der Waals surface area contributed by atoms with Crippen LogP contribution in [-0.2, 0) is 17.8 Å². The third-order valence-electron chi connectivity index (χ3n) is 4.06. The van der Waals surface area contributed by atoms with Gasteiger partial charge in [-0.15, -0.1) is 0 Å². The first kappa shape index (κ1) is 21.2. The smallest absolute Gasteiger partial charge is 0.319 e.